The topological polar surface area (TPSA) is 54.5 Å². The van der Waals surface area contributed by atoms with Crippen LogP contribution in [0.25, 0.3) is 0 Å². The number of carbonyl (C=O) groups is 1. The van der Waals surface area contributed by atoms with Gasteiger partial charge in [0, 0.05) is 13.1 Å². The van der Waals surface area contributed by atoms with E-state index in [4.69, 9.17) is 4.74 Å². The summed E-state index contributed by atoms with van der Waals surface area (Å²) in [5.41, 5.74) is 3.27. The summed E-state index contributed by atoms with van der Waals surface area (Å²) in [4.78, 5) is 19.1. The van der Waals surface area contributed by atoms with Crippen molar-refractivity contribution in [3.8, 4) is 0 Å². The third kappa shape index (κ3) is 4.33. The van der Waals surface area contributed by atoms with Crippen molar-refractivity contribution in [2.45, 2.75) is 20.3 Å². The zero-order valence-electron chi connectivity index (χ0n) is 14.5. The minimum Gasteiger partial charge on any atom is -0.378 e. The molecule has 1 amide bonds. The summed E-state index contributed by atoms with van der Waals surface area (Å²) in [6.45, 7) is 6.91. The predicted octanol–water partition coefficient (Wildman–Crippen LogP) is 2.86. The van der Waals surface area contributed by atoms with E-state index in [9.17, 15) is 9.18 Å². The highest BCUT2D eigenvalue weighted by Crippen LogP contribution is 2.24. The molecule has 0 radical (unpaired) electrons. The monoisotopic (exact) mass is 343 g/mol. The van der Waals surface area contributed by atoms with E-state index in [1.807, 2.05) is 19.9 Å². The number of hydrogen-bond donors (Lipinski definition) is 1. The molecule has 0 bridgehead atoms. The van der Waals surface area contributed by atoms with E-state index >= 15 is 0 Å². The molecule has 0 atom stereocenters. The van der Waals surface area contributed by atoms with Gasteiger partial charge in [0.05, 0.1) is 31.0 Å². The van der Waals surface area contributed by atoms with E-state index in [-0.39, 0.29) is 18.1 Å². The molecule has 0 saturated carbocycles. The molecule has 1 N–H and O–H groups in total. The minimum absolute atomic E-state index is 0.140. The standard InChI is InChI=1S/C19H22FN3O2/c1-13-11-17(23-7-9-25-10-8-23)21-14(2)19(13)22-18(24)12-15-3-5-16(20)6-4-15/h3-6,11H,7-10,12H2,1-2H3,(H,22,24). The second kappa shape index (κ2) is 7.61. The summed E-state index contributed by atoms with van der Waals surface area (Å²) in [5, 5.41) is 2.93. The average molecular weight is 343 g/mol. The average Bonchev–Trinajstić information content (AvgIpc) is 2.61. The lowest BCUT2D eigenvalue weighted by molar-refractivity contribution is -0.115. The van der Waals surface area contributed by atoms with Crippen LogP contribution < -0.4 is 10.2 Å². The van der Waals surface area contributed by atoms with E-state index in [0.29, 0.717) is 13.2 Å². The minimum atomic E-state index is -0.307. The summed E-state index contributed by atoms with van der Waals surface area (Å²) >= 11 is 0. The van der Waals surface area contributed by atoms with Gasteiger partial charge in [-0.05, 0) is 43.2 Å². The Kier molecular flexibility index (Phi) is 5.28. The fourth-order valence-corrected chi connectivity index (χ4v) is 2.93. The number of nitrogens with one attached hydrogen (secondary N) is 1. The van der Waals surface area contributed by atoms with E-state index in [1.165, 1.54) is 12.1 Å². The van der Waals surface area contributed by atoms with Gasteiger partial charge in [-0.25, -0.2) is 9.37 Å². The van der Waals surface area contributed by atoms with Crippen LogP contribution in [0.2, 0.25) is 0 Å². The molecule has 132 valence electrons. The lowest BCUT2D eigenvalue weighted by Gasteiger charge is -2.28. The summed E-state index contributed by atoms with van der Waals surface area (Å²) in [5.74, 6) is 0.465. The Bertz CT molecular complexity index is 733. The first-order chi connectivity index (χ1) is 12.0. The lowest BCUT2D eigenvalue weighted by Crippen LogP contribution is -2.37. The number of rotatable bonds is 4. The van der Waals surface area contributed by atoms with Crippen LogP contribution in [0.3, 0.4) is 0 Å². The first-order valence-corrected chi connectivity index (χ1v) is 8.38. The van der Waals surface area contributed by atoms with E-state index in [2.05, 4.69) is 15.2 Å². The molecule has 1 fully saturated rings. The van der Waals surface area contributed by atoms with Gasteiger partial charge < -0.3 is 15.0 Å². The van der Waals surface area contributed by atoms with Crippen LogP contribution in [-0.2, 0) is 16.0 Å². The largest absolute Gasteiger partial charge is 0.378 e. The second-order valence-corrected chi connectivity index (χ2v) is 6.21. The molecule has 2 aromatic rings. The molecule has 6 heteroatoms. The molecule has 5 nitrogen and oxygen atoms in total. The normalized spacial score (nSPS) is 14.4. The van der Waals surface area contributed by atoms with Crippen molar-refractivity contribution in [3.05, 3.63) is 53.0 Å². The highest BCUT2D eigenvalue weighted by atomic mass is 19.1. The molecular formula is C19H22FN3O2. The van der Waals surface area contributed by atoms with Crippen LogP contribution in [0, 0.1) is 19.7 Å². The van der Waals surface area contributed by atoms with Crippen LogP contribution in [0.4, 0.5) is 15.9 Å². The molecular weight excluding hydrogens is 321 g/mol. The quantitative estimate of drug-likeness (QED) is 0.927. The SMILES string of the molecule is Cc1cc(N2CCOCC2)nc(C)c1NC(=O)Cc1ccc(F)cc1. The summed E-state index contributed by atoms with van der Waals surface area (Å²) in [7, 11) is 0. The van der Waals surface area contributed by atoms with Crippen molar-refractivity contribution < 1.29 is 13.9 Å². The fourth-order valence-electron chi connectivity index (χ4n) is 2.93. The Labute approximate surface area is 146 Å². The molecule has 0 spiro atoms. The summed E-state index contributed by atoms with van der Waals surface area (Å²) < 4.78 is 18.3. The van der Waals surface area contributed by atoms with Gasteiger partial charge in [-0.1, -0.05) is 12.1 Å². The first kappa shape index (κ1) is 17.4. The van der Waals surface area contributed by atoms with Crippen molar-refractivity contribution >= 4 is 17.4 Å². The van der Waals surface area contributed by atoms with Gasteiger partial charge in [-0.15, -0.1) is 0 Å². The molecule has 1 aromatic carbocycles. The number of aromatic nitrogens is 1. The van der Waals surface area contributed by atoms with Gasteiger partial charge in [0.15, 0.2) is 0 Å². The highest BCUT2D eigenvalue weighted by Gasteiger charge is 2.16. The van der Waals surface area contributed by atoms with Crippen molar-refractivity contribution in [1.82, 2.24) is 4.98 Å². The number of aryl methyl sites for hydroxylation is 2. The third-order valence-corrected chi connectivity index (χ3v) is 4.26. The molecule has 0 unspecified atom stereocenters. The van der Waals surface area contributed by atoms with Gasteiger partial charge in [0.1, 0.15) is 11.6 Å². The number of benzene rings is 1. The molecule has 1 saturated heterocycles. The fraction of sp³-hybridized carbons (Fsp3) is 0.368. The van der Waals surface area contributed by atoms with E-state index in [0.717, 1.165) is 41.4 Å². The summed E-state index contributed by atoms with van der Waals surface area (Å²) in [6, 6.07) is 7.95. The van der Waals surface area contributed by atoms with Gasteiger partial charge in [0.25, 0.3) is 0 Å². The van der Waals surface area contributed by atoms with Gasteiger partial charge in [-0.3, -0.25) is 4.79 Å². The maximum Gasteiger partial charge on any atom is 0.228 e. The zero-order chi connectivity index (χ0) is 17.8. The Balaban J connectivity index is 1.71. The number of morpholine rings is 1. The van der Waals surface area contributed by atoms with Gasteiger partial charge in [-0.2, -0.15) is 0 Å². The van der Waals surface area contributed by atoms with Crippen molar-refractivity contribution in [2.24, 2.45) is 0 Å². The second-order valence-electron chi connectivity index (χ2n) is 6.21. The summed E-state index contributed by atoms with van der Waals surface area (Å²) in [6.07, 6.45) is 0.199. The number of ether oxygens (including phenoxy) is 1. The Morgan fingerprint density at radius 2 is 1.92 bits per heavy atom. The molecule has 3 rings (SSSR count). The van der Waals surface area contributed by atoms with E-state index < -0.39 is 0 Å². The molecule has 1 aliphatic heterocycles. The first-order valence-electron chi connectivity index (χ1n) is 8.38. The predicted molar refractivity (Wildman–Crippen MR) is 95.5 cm³/mol. The number of carbonyl (C=O) groups excluding carboxylic acids is 1. The number of halogens is 1. The Hall–Kier alpha value is -2.47. The zero-order valence-corrected chi connectivity index (χ0v) is 14.5. The van der Waals surface area contributed by atoms with Crippen molar-refractivity contribution in [1.29, 1.82) is 0 Å². The highest BCUT2D eigenvalue weighted by molar-refractivity contribution is 5.93. The molecule has 25 heavy (non-hydrogen) atoms. The maximum atomic E-state index is 12.9. The molecule has 0 aliphatic carbocycles. The van der Waals surface area contributed by atoms with Crippen LogP contribution in [0.5, 0.6) is 0 Å². The Morgan fingerprint density at radius 3 is 2.56 bits per heavy atom. The molecule has 2 heterocycles. The number of hydrogen-bond acceptors (Lipinski definition) is 4. The Morgan fingerprint density at radius 1 is 1.24 bits per heavy atom. The van der Waals surface area contributed by atoms with Crippen LogP contribution in [0.15, 0.2) is 30.3 Å². The lowest BCUT2D eigenvalue weighted by atomic mass is 10.1. The van der Waals surface area contributed by atoms with Gasteiger partial charge in [0.2, 0.25) is 5.91 Å². The third-order valence-electron chi connectivity index (χ3n) is 4.26. The molecule has 1 aliphatic rings. The number of pyridine rings is 1. The van der Waals surface area contributed by atoms with Crippen LogP contribution >= 0.6 is 0 Å². The molecule has 1 aromatic heterocycles. The van der Waals surface area contributed by atoms with Gasteiger partial charge >= 0.3 is 0 Å². The van der Waals surface area contributed by atoms with Crippen LogP contribution in [-0.4, -0.2) is 37.2 Å². The van der Waals surface area contributed by atoms with Crippen molar-refractivity contribution in [2.75, 3.05) is 36.5 Å². The maximum absolute atomic E-state index is 12.9. The van der Waals surface area contributed by atoms with E-state index in [1.54, 1.807) is 12.1 Å². The van der Waals surface area contributed by atoms with Crippen LogP contribution in [0.1, 0.15) is 16.8 Å². The number of nitrogens with zero attached hydrogens (tertiary/aromatic N) is 2. The number of anilines is 2. The van der Waals surface area contributed by atoms with Crippen molar-refractivity contribution in [3.63, 3.8) is 0 Å². The smallest absolute Gasteiger partial charge is 0.228 e. The number of amides is 1.